The topological polar surface area (TPSA) is 88.2 Å². The van der Waals surface area contributed by atoms with Crippen molar-refractivity contribution in [1.29, 1.82) is 5.26 Å². The van der Waals surface area contributed by atoms with Gasteiger partial charge in [-0.15, -0.1) is 0 Å². The summed E-state index contributed by atoms with van der Waals surface area (Å²) in [5.41, 5.74) is 0.266. The summed E-state index contributed by atoms with van der Waals surface area (Å²) in [6.07, 6.45) is 6.24. The van der Waals surface area contributed by atoms with Crippen LogP contribution in [0.5, 0.6) is 0 Å². The molecule has 0 heterocycles. The first-order chi connectivity index (χ1) is 10.2. The fraction of sp³-hybridized carbons (Fsp3) is 0.533. The van der Waals surface area contributed by atoms with Gasteiger partial charge in [0, 0.05) is 6.54 Å². The van der Waals surface area contributed by atoms with E-state index < -0.39 is 4.92 Å². The molecule has 1 N–H and O–H groups in total. The highest BCUT2D eigenvalue weighted by molar-refractivity contribution is 5.68. The number of ether oxygens (including phenoxy) is 1. The van der Waals surface area contributed by atoms with E-state index in [1.54, 1.807) is 12.1 Å². The second-order valence-electron chi connectivity index (χ2n) is 5.13. The van der Waals surface area contributed by atoms with E-state index in [2.05, 4.69) is 5.32 Å². The third-order valence-electron chi connectivity index (χ3n) is 3.66. The summed E-state index contributed by atoms with van der Waals surface area (Å²) in [6.45, 7) is 1.00. The number of benzene rings is 1. The molecule has 1 saturated carbocycles. The zero-order valence-electron chi connectivity index (χ0n) is 11.9. The molecule has 21 heavy (non-hydrogen) atoms. The summed E-state index contributed by atoms with van der Waals surface area (Å²) in [4.78, 5) is 10.5. The van der Waals surface area contributed by atoms with Crippen molar-refractivity contribution in [2.24, 2.45) is 0 Å². The van der Waals surface area contributed by atoms with E-state index in [-0.39, 0.29) is 11.3 Å². The zero-order chi connectivity index (χ0) is 15.1. The quantitative estimate of drug-likeness (QED) is 0.493. The summed E-state index contributed by atoms with van der Waals surface area (Å²) >= 11 is 0. The van der Waals surface area contributed by atoms with Crippen LogP contribution in [0.1, 0.15) is 37.7 Å². The van der Waals surface area contributed by atoms with Gasteiger partial charge in [0.05, 0.1) is 17.6 Å². The Labute approximate surface area is 123 Å². The maximum Gasteiger partial charge on any atom is 0.309 e. The van der Waals surface area contributed by atoms with E-state index in [0.29, 0.717) is 24.9 Å². The van der Waals surface area contributed by atoms with Crippen LogP contribution in [0.2, 0.25) is 0 Å². The van der Waals surface area contributed by atoms with Gasteiger partial charge < -0.3 is 10.1 Å². The maximum absolute atomic E-state index is 11.1. The number of rotatable bonds is 6. The molecule has 0 radical (unpaired) electrons. The SMILES string of the molecule is N#Cc1cccc(NCCOC2CCCCC2)c1[N+](=O)[O-]. The normalized spacial score (nSPS) is 15.4. The molecular formula is C15H19N3O3. The Balaban J connectivity index is 1.88. The van der Waals surface area contributed by atoms with Crippen LogP contribution in [-0.2, 0) is 4.74 Å². The lowest BCUT2D eigenvalue weighted by molar-refractivity contribution is -0.384. The average molecular weight is 289 g/mol. The predicted octanol–water partition coefficient (Wildman–Crippen LogP) is 3.23. The van der Waals surface area contributed by atoms with Gasteiger partial charge in [-0.1, -0.05) is 25.3 Å². The number of nitriles is 1. The van der Waals surface area contributed by atoms with E-state index >= 15 is 0 Å². The van der Waals surface area contributed by atoms with Crippen molar-refractivity contribution in [2.45, 2.75) is 38.2 Å². The minimum atomic E-state index is -0.525. The Kier molecular flexibility index (Phi) is 5.52. The Hall–Kier alpha value is -2.13. The van der Waals surface area contributed by atoms with E-state index in [9.17, 15) is 10.1 Å². The lowest BCUT2D eigenvalue weighted by Crippen LogP contribution is -2.20. The first kappa shape index (κ1) is 15.3. The molecule has 0 saturated heterocycles. The number of nitro groups is 1. The summed E-state index contributed by atoms with van der Waals surface area (Å²) in [5.74, 6) is 0. The van der Waals surface area contributed by atoms with Gasteiger partial charge >= 0.3 is 5.69 Å². The second kappa shape index (κ2) is 7.60. The Morgan fingerprint density at radius 1 is 1.38 bits per heavy atom. The number of nitrogens with zero attached hydrogens (tertiary/aromatic N) is 2. The lowest BCUT2D eigenvalue weighted by Gasteiger charge is -2.22. The fourth-order valence-corrected chi connectivity index (χ4v) is 2.62. The van der Waals surface area contributed by atoms with Crippen molar-refractivity contribution in [1.82, 2.24) is 0 Å². The minimum Gasteiger partial charge on any atom is -0.377 e. The van der Waals surface area contributed by atoms with Crippen LogP contribution in [0.15, 0.2) is 18.2 Å². The van der Waals surface area contributed by atoms with Crippen molar-refractivity contribution < 1.29 is 9.66 Å². The molecule has 0 amide bonds. The molecule has 1 aliphatic carbocycles. The van der Waals surface area contributed by atoms with Gasteiger partial charge in [0.25, 0.3) is 0 Å². The number of hydrogen-bond donors (Lipinski definition) is 1. The van der Waals surface area contributed by atoms with Crippen LogP contribution in [-0.4, -0.2) is 24.2 Å². The number of nitro benzene ring substituents is 1. The van der Waals surface area contributed by atoms with Crippen molar-refractivity contribution in [3.63, 3.8) is 0 Å². The smallest absolute Gasteiger partial charge is 0.309 e. The molecule has 0 spiro atoms. The van der Waals surface area contributed by atoms with Crippen LogP contribution >= 0.6 is 0 Å². The fourth-order valence-electron chi connectivity index (χ4n) is 2.62. The molecule has 0 aromatic heterocycles. The van der Waals surface area contributed by atoms with Crippen molar-refractivity contribution in [3.05, 3.63) is 33.9 Å². The monoisotopic (exact) mass is 289 g/mol. The third kappa shape index (κ3) is 4.17. The number of hydrogen-bond acceptors (Lipinski definition) is 5. The van der Waals surface area contributed by atoms with E-state index in [1.807, 2.05) is 6.07 Å². The van der Waals surface area contributed by atoms with E-state index in [1.165, 1.54) is 25.3 Å². The van der Waals surface area contributed by atoms with Crippen LogP contribution in [0.25, 0.3) is 0 Å². The molecular weight excluding hydrogens is 270 g/mol. The summed E-state index contributed by atoms with van der Waals surface area (Å²) in [6, 6.07) is 6.54. The second-order valence-corrected chi connectivity index (χ2v) is 5.13. The largest absolute Gasteiger partial charge is 0.377 e. The number of anilines is 1. The first-order valence-corrected chi connectivity index (χ1v) is 7.25. The van der Waals surface area contributed by atoms with Crippen molar-refractivity contribution in [3.8, 4) is 6.07 Å². The third-order valence-corrected chi connectivity index (χ3v) is 3.66. The van der Waals surface area contributed by atoms with Gasteiger partial charge in [-0.2, -0.15) is 5.26 Å². The van der Waals surface area contributed by atoms with Crippen LogP contribution in [0, 0.1) is 21.4 Å². The predicted molar refractivity (Wildman–Crippen MR) is 79.1 cm³/mol. The summed E-state index contributed by atoms with van der Waals surface area (Å²) < 4.78 is 5.76. The zero-order valence-corrected chi connectivity index (χ0v) is 11.9. The van der Waals surface area contributed by atoms with Crippen LogP contribution in [0.4, 0.5) is 11.4 Å². The standard InChI is InChI=1S/C15H19N3O3/c16-11-12-5-4-8-14(15(12)18(19)20)17-9-10-21-13-6-2-1-3-7-13/h4-5,8,13,17H,1-3,6-7,9-10H2. The average Bonchev–Trinajstić information content (AvgIpc) is 2.52. The summed E-state index contributed by atoms with van der Waals surface area (Å²) in [5, 5.41) is 23.0. The van der Waals surface area contributed by atoms with Crippen LogP contribution < -0.4 is 5.32 Å². The maximum atomic E-state index is 11.1. The highest BCUT2D eigenvalue weighted by Gasteiger charge is 2.19. The molecule has 1 fully saturated rings. The minimum absolute atomic E-state index is 0.0678. The first-order valence-electron chi connectivity index (χ1n) is 7.25. The Bertz CT molecular complexity index is 533. The lowest BCUT2D eigenvalue weighted by atomic mass is 9.98. The number of para-hydroxylation sites is 1. The van der Waals surface area contributed by atoms with Gasteiger partial charge in [-0.05, 0) is 25.0 Å². The van der Waals surface area contributed by atoms with E-state index in [0.717, 1.165) is 12.8 Å². The van der Waals surface area contributed by atoms with E-state index in [4.69, 9.17) is 10.00 Å². The van der Waals surface area contributed by atoms with Gasteiger partial charge in [-0.25, -0.2) is 0 Å². The van der Waals surface area contributed by atoms with Crippen molar-refractivity contribution >= 4 is 11.4 Å². The Morgan fingerprint density at radius 3 is 2.81 bits per heavy atom. The molecule has 1 aromatic carbocycles. The molecule has 2 rings (SSSR count). The molecule has 112 valence electrons. The van der Waals surface area contributed by atoms with Gasteiger partial charge in [0.2, 0.25) is 0 Å². The molecule has 0 bridgehead atoms. The highest BCUT2D eigenvalue weighted by atomic mass is 16.6. The molecule has 1 aromatic rings. The molecule has 1 aliphatic rings. The van der Waals surface area contributed by atoms with Crippen molar-refractivity contribution in [2.75, 3.05) is 18.5 Å². The van der Waals surface area contributed by atoms with Gasteiger partial charge in [-0.3, -0.25) is 10.1 Å². The summed E-state index contributed by atoms with van der Waals surface area (Å²) in [7, 11) is 0. The molecule has 6 nitrogen and oxygen atoms in total. The highest BCUT2D eigenvalue weighted by Crippen LogP contribution is 2.27. The van der Waals surface area contributed by atoms with Gasteiger partial charge in [0.1, 0.15) is 17.3 Å². The molecule has 0 aliphatic heterocycles. The molecule has 6 heteroatoms. The van der Waals surface area contributed by atoms with Crippen LogP contribution in [0.3, 0.4) is 0 Å². The number of nitrogens with one attached hydrogen (secondary N) is 1. The molecule has 0 atom stereocenters. The van der Waals surface area contributed by atoms with Gasteiger partial charge in [0.15, 0.2) is 0 Å². The Morgan fingerprint density at radius 2 is 2.14 bits per heavy atom. The molecule has 0 unspecified atom stereocenters.